The number of rotatable bonds is 4. The molecule has 1 atom stereocenters. The van der Waals surface area contributed by atoms with E-state index in [1.807, 2.05) is 18.2 Å². The average Bonchev–Trinajstić information content (AvgIpc) is 2.26. The average molecular weight is 232 g/mol. The Morgan fingerprint density at radius 1 is 1.25 bits per heavy atom. The third kappa shape index (κ3) is 2.97. The van der Waals surface area contributed by atoms with Gasteiger partial charge in [0.25, 0.3) is 0 Å². The molecule has 0 saturated carbocycles. The first-order valence-electron chi connectivity index (χ1n) is 5.63. The molecule has 0 radical (unpaired) electrons. The minimum atomic E-state index is -1.75. The van der Waals surface area contributed by atoms with Crippen LogP contribution >= 0.6 is 0 Å². The number of hydrogen-bond acceptors (Lipinski definition) is 1. The summed E-state index contributed by atoms with van der Waals surface area (Å²) >= 11 is 0. The van der Waals surface area contributed by atoms with Crippen LogP contribution in [-0.4, -0.2) is 18.4 Å². The van der Waals surface area contributed by atoms with Crippen LogP contribution in [0.3, 0.4) is 0 Å². The van der Waals surface area contributed by atoms with Crippen molar-refractivity contribution >= 4 is 8.07 Å². The van der Waals surface area contributed by atoms with Gasteiger partial charge < -0.3 is 5.11 Å². The molecule has 1 rings (SSSR count). The van der Waals surface area contributed by atoms with Crippen LogP contribution < -0.4 is 0 Å². The summed E-state index contributed by atoms with van der Waals surface area (Å²) in [6.45, 7) is 6.33. The topological polar surface area (TPSA) is 20.2 Å². The van der Waals surface area contributed by atoms with Gasteiger partial charge in [0.1, 0.15) is 5.22 Å². The first-order valence-corrected chi connectivity index (χ1v) is 9.13. The fourth-order valence-corrected chi connectivity index (χ4v) is 2.94. The molecule has 2 heteroatoms. The third-order valence-electron chi connectivity index (χ3n) is 3.10. The van der Waals surface area contributed by atoms with E-state index in [0.717, 1.165) is 6.42 Å². The Morgan fingerprint density at radius 2 is 1.81 bits per heavy atom. The number of hydrogen-bond donors (Lipinski definition) is 1. The SMILES string of the molecule is C#CC(O)(CCc1ccccc1)[Si](C)(C)C. The van der Waals surface area contributed by atoms with E-state index in [4.69, 9.17) is 6.42 Å². The van der Waals surface area contributed by atoms with E-state index in [9.17, 15) is 5.11 Å². The van der Waals surface area contributed by atoms with Crippen LogP contribution in [-0.2, 0) is 6.42 Å². The molecule has 0 saturated heterocycles. The Morgan fingerprint density at radius 3 is 2.25 bits per heavy atom. The highest BCUT2D eigenvalue weighted by molar-refractivity contribution is 6.79. The number of aryl methyl sites for hydroxylation is 1. The maximum atomic E-state index is 10.4. The number of terminal acetylenes is 1. The van der Waals surface area contributed by atoms with Crippen molar-refractivity contribution in [1.82, 2.24) is 0 Å². The summed E-state index contributed by atoms with van der Waals surface area (Å²) < 4.78 is 0. The fraction of sp³-hybridized carbons (Fsp3) is 0.429. The molecule has 86 valence electrons. The minimum absolute atomic E-state index is 0.656. The normalized spacial score (nSPS) is 15.2. The summed E-state index contributed by atoms with van der Waals surface area (Å²) in [6, 6.07) is 10.2. The van der Waals surface area contributed by atoms with Crippen molar-refractivity contribution in [1.29, 1.82) is 0 Å². The first kappa shape index (κ1) is 13.0. The highest BCUT2D eigenvalue weighted by Crippen LogP contribution is 2.25. The molecule has 1 unspecified atom stereocenters. The molecule has 0 fully saturated rings. The summed E-state index contributed by atoms with van der Waals surface area (Å²) in [5.41, 5.74) is 1.23. The van der Waals surface area contributed by atoms with Gasteiger partial charge >= 0.3 is 0 Å². The van der Waals surface area contributed by atoms with Crippen molar-refractivity contribution in [2.45, 2.75) is 37.7 Å². The molecule has 0 heterocycles. The summed E-state index contributed by atoms with van der Waals surface area (Å²) in [6.07, 6.45) is 6.99. The van der Waals surface area contributed by atoms with Crippen LogP contribution in [0.1, 0.15) is 12.0 Å². The molecule has 1 N–H and O–H groups in total. The highest BCUT2D eigenvalue weighted by Gasteiger charge is 2.39. The van der Waals surface area contributed by atoms with E-state index in [0.29, 0.717) is 6.42 Å². The Hall–Kier alpha value is -1.04. The zero-order valence-electron chi connectivity index (χ0n) is 10.3. The number of aliphatic hydroxyl groups is 1. The molecule has 0 spiro atoms. The summed E-state index contributed by atoms with van der Waals surface area (Å²) in [4.78, 5) is 0. The highest BCUT2D eigenvalue weighted by atomic mass is 28.3. The maximum absolute atomic E-state index is 10.4. The lowest BCUT2D eigenvalue weighted by molar-refractivity contribution is 0.166. The number of benzene rings is 1. The van der Waals surface area contributed by atoms with E-state index >= 15 is 0 Å². The van der Waals surface area contributed by atoms with Crippen LogP contribution in [0.2, 0.25) is 19.6 Å². The second-order valence-electron chi connectivity index (χ2n) is 5.24. The predicted octanol–water partition coefficient (Wildman–Crippen LogP) is 2.86. The lowest BCUT2D eigenvalue weighted by Crippen LogP contribution is -2.51. The zero-order valence-corrected chi connectivity index (χ0v) is 11.3. The van der Waals surface area contributed by atoms with Crippen LogP contribution in [0.25, 0.3) is 0 Å². The van der Waals surface area contributed by atoms with Gasteiger partial charge in [0.05, 0.1) is 8.07 Å². The Kier molecular flexibility index (Phi) is 3.96. The summed E-state index contributed by atoms with van der Waals surface area (Å²) in [5, 5.41) is 9.54. The Bertz CT molecular complexity index is 372. The van der Waals surface area contributed by atoms with Gasteiger partial charge in [-0.25, -0.2) is 0 Å². The summed E-state index contributed by atoms with van der Waals surface area (Å²) in [7, 11) is -1.75. The van der Waals surface area contributed by atoms with Crippen molar-refractivity contribution in [2.24, 2.45) is 0 Å². The molecule has 0 bridgehead atoms. The largest absolute Gasteiger partial charge is 0.381 e. The summed E-state index contributed by atoms with van der Waals surface area (Å²) in [5.74, 6) is 2.61. The van der Waals surface area contributed by atoms with Gasteiger partial charge in [-0.15, -0.1) is 6.42 Å². The standard InChI is InChI=1S/C14H20OSi/c1-5-14(15,16(2,3)4)12-11-13-9-7-6-8-10-13/h1,6-10,15H,11-12H2,2-4H3. The smallest absolute Gasteiger partial charge is 0.112 e. The molecule has 1 nitrogen and oxygen atoms in total. The van der Waals surface area contributed by atoms with Crippen molar-refractivity contribution in [3.63, 3.8) is 0 Å². The van der Waals surface area contributed by atoms with E-state index in [-0.39, 0.29) is 0 Å². The van der Waals surface area contributed by atoms with Gasteiger partial charge in [0.2, 0.25) is 0 Å². The van der Waals surface area contributed by atoms with Crippen LogP contribution in [0.5, 0.6) is 0 Å². The Balaban J connectivity index is 2.71. The van der Waals surface area contributed by atoms with Gasteiger partial charge in [-0.05, 0) is 18.4 Å². The minimum Gasteiger partial charge on any atom is -0.381 e. The van der Waals surface area contributed by atoms with Crippen LogP contribution in [0, 0.1) is 12.3 Å². The lowest BCUT2D eigenvalue weighted by Gasteiger charge is -2.34. The van der Waals surface area contributed by atoms with Crippen molar-refractivity contribution in [3.8, 4) is 12.3 Å². The fourth-order valence-electron chi connectivity index (χ4n) is 1.63. The second-order valence-corrected chi connectivity index (χ2v) is 10.6. The zero-order chi connectivity index (χ0) is 12.2. The quantitative estimate of drug-likeness (QED) is 0.625. The maximum Gasteiger partial charge on any atom is 0.112 e. The van der Waals surface area contributed by atoms with Crippen LogP contribution in [0.15, 0.2) is 30.3 Å². The Labute approximate surface area is 99.5 Å². The third-order valence-corrected chi connectivity index (χ3v) is 5.97. The van der Waals surface area contributed by atoms with E-state index < -0.39 is 13.3 Å². The van der Waals surface area contributed by atoms with E-state index in [1.165, 1.54) is 5.56 Å². The monoisotopic (exact) mass is 232 g/mol. The van der Waals surface area contributed by atoms with Gasteiger partial charge in [-0.3, -0.25) is 0 Å². The molecular formula is C14H20OSi. The molecular weight excluding hydrogens is 212 g/mol. The van der Waals surface area contributed by atoms with Crippen molar-refractivity contribution in [2.75, 3.05) is 0 Å². The van der Waals surface area contributed by atoms with Crippen molar-refractivity contribution in [3.05, 3.63) is 35.9 Å². The lowest BCUT2D eigenvalue weighted by atomic mass is 10.1. The van der Waals surface area contributed by atoms with Gasteiger partial charge in [-0.2, -0.15) is 0 Å². The molecule has 0 aliphatic heterocycles. The van der Waals surface area contributed by atoms with Gasteiger partial charge in [-0.1, -0.05) is 55.9 Å². The van der Waals surface area contributed by atoms with Gasteiger partial charge in [0.15, 0.2) is 0 Å². The molecule has 0 aliphatic rings. The second kappa shape index (κ2) is 4.86. The molecule has 0 aliphatic carbocycles. The molecule has 1 aromatic rings. The van der Waals surface area contributed by atoms with Gasteiger partial charge in [0, 0.05) is 0 Å². The molecule has 16 heavy (non-hydrogen) atoms. The predicted molar refractivity (Wildman–Crippen MR) is 71.9 cm³/mol. The van der Waals surface area contributed by atoms with Crippen LogP contribution in [0.4, 0.5) is 0 Å². The molecule has 0 amide bonds. The first-order chi connectivity index (χ1) is 7.39. The van der Waals surface area contributed by atoms with E-state index in [1.54, 1.807) is 0 Å². The van der Waals surface area contributed by atoms with Crippen molar-refractivity contribution < 1.29 is 5.11 Å². The molecule has 1 aromatic carbocycles. The molecule has 0 aromatic heterocycles. The van der Waals surface area contributed by atoms with E-state index in [2.05, 4.69) is 37.7 Å².